The summed E-state index contributed by atoms with van der Waals surface area (Å²) in [5.74, 6) is -1.73. The van der Waals surface area contributed by atoms with Crippen molar-refractivity contribution in [1.29, 1.82) is 0 Å². The second-order valence-corrected chi connectivity index (χ2v) is 6.67. The van der Waals surface area contributed by atoms with Crippen molar-refractivity contribution < 1.29 is 37.7 Å². The summed E-state index contributed by atoms with van der Waals surface area (Å²) >= 11 is 0. The van der Waals surface area contributed by atoms with Gasteiger partial charge in [-0.15, -0.1) is 0 Å². The molecule has 3 aromatic rings. The smallest absolute Gasteiger partial charge is 0.338 e. The summed E-state index contributed by atoms with van der Waals surface area (Å²) in [6.07, 6.45) is 1.80. The van der Waals surface area contributed by atoms with E-state index in [4.69, 9.17) is 23.4 Å². The van der Waals surface area contributed by atoms with Crippen molar-refractivity contribution in [1.82, 2.24) is 0 Å². The number of hydrogen-bond donors (Lipinski definition) is 0. The standard InChI is InChI=1S/C23H20O9/c1-4-9-28-23(27)15-5-7-16(8-6-15)32-20-12-29-18-10-17(30-13(2)24)11-19(31-14(3)25)21(18)22(20)26/h5-8,10-12H,4,9H2,1-3H3. The fourth-order valence-electron chi connectivity index (χ4n) is 2.77. The predicted octanol–water partition coefficient (Wildman–Crippen LogP) is 4.00. The monoisotopic (exact) mass is 440 g/mol. The molecule has 0 fully saturated rings. The maximum Gasteiger partial charge on any atom is 0.338 e. The van der Waals surface area contributed by atoms with Crippen LogP contribution in [0.15, 0.2) is 51.9 Å². The number of esters is 3. The molecule has 166 valence electrons. The van der Waals surface area contributed by atoms with Crippen molar-refractivity contribution in [2.45, 2.75) is 27.2 Å². The molecular formula is C23H20O9. The Labute approximate surface area is 182 Å². The van der Waals surface area contributed by atoms with Crippen LogP contribution in [-0.2, 0) is 14.3 Å². The second-order valence-electron chi connectivity index (χ2n) is 6.67. The second kappa shape index (κ2) is 9.78. The van der Waals surface area contributed by atoms with Crippen LogP contribution < -0.4 is 19.6 Å². The summed E-state index contributed by atoms with van der Waals surface area (Å²) in [5, 5.41) is -0.0617. The van der Waals surface area contributed by atoms with Gasteiger partial charge in [0.1, 0.15) is 34.5 Å². The molecule has 0 amide bonds. The molecule has 1 heterocycles. The number of carbonyl (C=O) groups excluding carboxylic acids is 3. The van der Waals surface area contributed by atoms with Gasteiger partial charge in [-0.2, -0.15) is 0 Å². The lowest BCUT2D eigenvalue weighted by Crippen LogP contribution is -2.10. The van der Waals surface area contributed by atoms with E-state index < -0.39 is 23.3 Å². The maximum atomic E-state index is 13.0. The first-order chi connectivity index (χ1) is 15.3. The predicted molar refractivity (Wildman–Crippen MR) is 112 cm³/mol. The third kappa shape index (κ3) is 5.31. The van der Waals surface area contributed by atoms with Crippen molar-refractivity contribution >= 4 is 28.9 Å². The van der Waals surface area contributed by atoms with E-state index in [1.165, 1.54) is 50.2 Å². The zero-order valence-electron chi connectivity index (χ0n) is 17.6. The van der Waals surface area contributed by atoms with Crippen LogP contribution in [0.25, 0.3) is 11.0 Å². The summed E-state index contributed by atoms with van der Waals surface area (Å²) in [4.78, 5) is 47.6. The van der Waals surface area contributed by atoms with Gasteiger partial charge in [0.05, 0.1) is 12.2 Å². The minimum Gasteiger partial charge on any atom is -0.462 e. The van der Waals surface area contributed by atoms with Crippen LogP contribution in [0.1, 0.15) is 37.6 Å². The third-order valence-electron chi connectivity index (χ3n) is 4.05. The molecule has 0 aliphatic carbocycles. The molecule has 2 aromatic carbocycles. The minimum atomic E-state index is -0.678. The molecule has 0 spiro atoms. The number of benzene rings is 2. The average Bonchev–Trinajstić information content (AvgIpc) is 2.73. The van der Waals surface area contributed by atoms with Crippen LogP contribution in [0, 0.1) is 0 Å². The molecule has 0 N–H and O–H groups in total. The maximum absolute atomic E-state index is 13.0. The van der Waals surface area contributed by atoms with Crippen LogP contribution >= 0.6 is 0 Å². The number of rotatable bonds is 7. The van der Waals surface area contributed by atoms with Crippen molar-refractivity contribution in [2.24, 2.45) is 0 Å². The number of fused-ring (bicyclic) bond motifs is 1. The van der Waals surface area contributed by atoms with Gasteiger partial charge in [0, 0.05) is 26.0 Å². The van der Waals surface area contributed by atoms with E-state index in [1.807, 2.05) is 6.92 Å². The Hall–Kier alpha value is -4.14. The van der Waals surface area contributed by atoms with E-state index in [9.17, 15) is 19.2 Å². The lowest BCUT2D eigenvalue weighted by Gasteiger charge is -2.10. The Balaban J connectivity index is 1.95. The summed E-state index contributed by atoms with van der Waals surface area (Å²) in [5.41, 5.74) is -0.235. The van der Waals surface area contributed by atoms with Gasteiger partial charge >= 0.3 is 17.9 Å². The number of carbonyl (C=O) groups is 3. The third-order valence-corrected chi connectivity index (χ3v) is 4.05. The Morgan fingerprint density at radius 2 is 1.59 bits per heavy atom. The van der Waals surface area contributed by atoms with Crippen LogP contribution in [0.4, 0.5) is 0 Å². The number of ether oxygens (including phenoxy) is 4. The average molecular weight is 440 g/mol. The highest BCUT2D eigenvalue weighted by molar-refractivity contribution is 5.90. The summed E-state index contributed by atoms with van der Waals surface area (Å²) < 4.78 is 26.2. The van der Waals surface area contributed by atoms with Gasteiger partial charge in [-0.1, -0.05) is 6.92 Å². The summed E-state index contributed by atoms with van der Waals surface area (Å²) in [6, 6.07) is 8.58. The molecule has 0 atom stereocenters. The molecule has 0 saturated carbocycles. The Morgan fingerprint density at radius 3 is 2.22 bits per heavy atom. The van der Waals surface area contributed by atoms with E-state index in [0.29, 0.717) is 18.6 Å². The molecule has 0 aliphatic heterocycles. The largest absolute Gasteiger partial charge is 0.462 e. The fraction of sp³-hybridized carbons (Fsp3) is 0.217. The molecule has 32 heavy (non-hydrogen) atoms. The zero-order chi connectivity index (χ0) is 23.3. The first-order valence-electron chi connectivity index (χ1n) is 9.70. The Kier molecular flexibility index (Phi) is 6.89. The molecule has 0 unspecified atom stereocenters. The summed E-state index contributed by atoms with van der Waals surface area (Å²) in [6.45, 7) is 4.58. The van der Waals surface area contributed by atoms with Crippen LogP contribution in [-0.4, -0.2) is 24.5 Å². The van der Waals surface area contributed by atoms with Gasteiger partial charge in [-0.05, 0) is 30.7 Å². The fourth-order valence-corrected chi connectivity index (χ4v) is 2.77. The molecule has 0 bridgehead atoms. The molecule has 3 rings (SSSR count). The molecule has 9 heteroatoms. The van der Waals surface area contributed by atoms with Crippen molar-refractivity contribution in [3.63, 3.8) is 0 Å². The van der Waals surface area contributed by atoms with Crippen LogP contribution in [0.3, 0.4) is 0 Å². The van der Waals surface area contributed by atoms with Gasteiger partial charge in [-0.3, -0.25) is 14.4 Å². The van der Waals surface area contributed by atoms with Gasteiger partial charge in [0.25, 0.3) is 0 Å². The van der Waals surface area contributed by atoms with Crippen molar-refractivity contribution in [3.8, 4) is 23.0 Å². The minimum absolute atomic E-state index is 0.0337. The molecule has 9 nitrogen and oxygen atoms in total. The van der Waals surface area contributed by atoms with E-state index in [-0.39, 0.29) is 34.0 Å². The molecule has 0 radical (unpaired) electrons. The quantitative estimate of drug-likeness (QED) is 0.397. The van der Waals surface area contributed by atoms with E-state index in [0.717, 1.165) is 6.26 Å². The topological polar surface area (TPSA) is 118 Å². The summed E-state index contributed by atoms with van der Waals surface area (Å²) in [7, 11) is 0. The molecular weight excluding hydrogens is 420 g/mol. The van der Waals surface area contributed by atoms with E-state index in [1.54, 1.807) is 0 Å². The lowest BCUT2D eigenvalue weighted by atomic mass is 10.2. The SMILES string of the molecule is CCCOC(=O)c1ccc(Oc2coc3cc(OC(C)=O)cc(OC(C)=O)c3c2=O)cc1. The van der Waals surface area contributed by atoms with Gasteiger partial charge in [-0.25, -0.2) is 4.79 Å². The first-order valence-corrected chi connectivity index (χ1v) is 9.70. The highest BCUT2D eigenvalue weighted by Gasteiger charge is 2.18. The lowest BCUT2D eigenvalue weighted by molar-refractivity contribution is -0.132. The van der Waals surface area contributed by atoms with Crippen LogP contribution in [0.5, 0.6) is 23.0 Å². The molecule has 0 saturated heterocycles. The molecule has 0 aliphatic rings. The van der Waals surface area contributed by atoms with Gasteiger partial charge < -0.3 is 23.4 Å². The van der Waals surface area contributed by atoms with E-state index >= 15 is 0 Å². The first kappa shape index (κ1) is 22.5. The van der Waals surface area contributed by atoms with Gasteiger partial charge in [0.2, 0.25) is 11.2 Å². The van der Waals surface area contributed by atoms with Crippen molar-refractivity contribution in [3.05, 3.63) is 58.4 Å². The van der Waals surface area contributed by atoms with Crippen molar-refractivity contribution in [2.75, 3.05) is 6.61 Å². The molecule has 1 aromatic heterocycles. The normalized spacial score (nSPS) is 10.5. The van der Waals surface area contributed by atoms with Crippen LogP contribution in [0.2, 0.25) is 0 Å². The zero-order valence-corrected chi connectivity index (χ0v) is 17.6. The Morgan fingerprint density at radius 1 is 0.906 bits per heavy atom. The Bertz CT molecular complexity index is 1220. The van der Waals surface area contributed by atoms with E-state index in [2.05, 4.69) is 0 Å². The van der Waals surface area contributed by atoms with Gasteiger partial charge in [0.15, 0.2) is 0 Å². The number of hydrogen-bond acceptors (Lipinski definition) is 9. The highest BCUT2D eigenvalue weighted by atomic mass is 16.5. The highest BCUT2D eigenvalue weighted by Crippen LogP contribution is 2.32.